The number of rotatable bonds is 5. The van der Waals surface area contributed by atoms with Gasteiger partial charge in [0.1, 0.15) is 5.82 Å². The van der Waals surface area contributed by atoms with Crippen LogP contribution >= 0.6 is 0 Å². The minimum atomic E-state index is -0.181. The van der Waals surface area contributed by atoms with E-state index in [4.69, 9.17) is 4.74 Å². The zero-order valence-corrected chi connectivity index (χ0v) is 11.4. The van der Waals surface area contributed by atoms with Gasteiger partial charge in [-0.2, -0.15) is 0 Å². The first kappa shape index (κ1) is 13.5. The van der Waals surface area contributed by atoms with Gasteiger partial charge in [-0.15, -0.1) is 0 Å². The molecule has 1 aliphatic carbocycles. The summed E-state index contributed by atoms with van der Waals surface area (Å²) < 4.78 is 18.5. The van der Waals surface area contributed by atoms with E-state index in [0.717, 1.165) is 25.1 Å². The van der Waals surface area contributed by atoms with Crippen LogP contribution < -0.4 is 5.32 Å². The Balaban J connectivity index is 1.83. The Hall–Kier alpha value is -0.930. The molecule has 2 nitrogen and oxygen atoms in total. The highest BCUT2D eigenvalue weighted by molar-refractivity contribution is 5.16. The fourth-order valence-electron chi connectivity index (χ4n) is 2.56. The average Bonchev–Trinajstić information content (AvgIpc) is 2.35. The van der Waals surface area contributed by atoms with Crippen LogP contribution in [0.2, 0.25) is 0 Å². The molecule has 0 aromatic heterocycles. The minimum Gasteiger partial charge on any atom is -0.378 e. The van der Waals surface area contributed by atoms with Gasteiger partial charge in [-0.1, -0.05) is 26.0 Å². The fourth-order valence-corrected chi connectivity index (χ4v) is 2.56. The molecule has 2 atom stereocenters. The van der Waals surface area contributed by atoms with Gasteiger partial charge in [-0.3, -0.25) is 0 Å². The Morgan fingerprint density at radius 3 is 2.56 bits per heavy atom. The third-order valence-corrected chi connectivity index (χ3v) is 4.01. The van der Waals surface area contributed by atoms with E-state index in [-0.39, 0.29) is 11.2 Å². The van der Waals surface area contributed by atoms with Crippen LogP contribution in [0.3, 0.4) is 0 Å². The third-order valence-electron chi connectivity index (χ3n) is 4.01. The summed E-state index contributed by atoms with van der Waals surface area (Å²) in [5.74, 6) is -0.181. The van der Waals surface area contributed by atoms with Crippen molar-refractivity contribution in [2.45, 2.75) is 45.9 Å². The van der Waals surface area contributed by atoms with Gasteiger partial charge in [0.05, 0.1) is 6.10 Å². The number of ether oxygens (including phenoxy) is 1. The molecule has 1 aromatic carbocycles. The SMILES string of the molecule is CCOC1CC(NCc2ccc(F)cc2)C1(C)C. The van der Waals surface area contributed by atoms with E-state index in [0.29, 0.717) is 12.1 Å². The molecule has 0 spiro atoms. The van der Waals surface area contributed by atoms with Crippen molar-refractivity contribution < 1.29 is 9.13 Å². The molecule has 0 heterocycles. The average molecular weight is 251 g/mol. The second-order valence-corrected chi connectivity index (χ2v) is 5.56. The Kier molecular flexibility index (Phi) is 4.03. The van der Waals surface area contributed by atoms with Crippen LogP contribution in [0.1, 0.15) is 32.8 Å². The molecule has 0 aliphatic heterocycles. The Bertz CT molecular complexity index is 388. The molecule has 2 unspecified atom stereocenters. The molecule has 0 radical (unpaired) electrons. The summed E-state index contributed by atoms with van der Waals surface area (Å²) in [6.07, 6.45) is 1.41. The monoisotopic (exact) mass is 251 g/mol. The molecule has 3 heteroatoms. The molecule has 18 heavy (non-hydrogen) atoms. The van der Waals surface area contributed by atoms with Crippen molar-refractivity contribution in [3.63, 3.8) is 0 Å². The Labute approximate surface area is 109 Å². The van der Waals surface area contributed by atoms with E-state index in [2.05, 4.69) is 19.2 Å². The maximum Gasteiger partial charge on any atom is 0.123 e. The van der Waals surface area contributed by atoms with Crippen LogP contribution in [0.15, 0.2) is 24.3 Å². The third kappa shape index (κ3) is 2.73. The zero-order chi connectivity index (χ0) is 13.2. The van der Waals surface area contributed by atoms with E-state index >= 15 is 0 Å². The topological polar surface area (TPSA) is 21.3 Å². The summed E-state index contributed by atoms with van der Waals surface area (Å²) in [5.41, 5.74) is 1.29. The Morgan fingerprint density at radius 2 is 2.00 bits per heavy atom. The summed E-state index contributed by atoms with van der Waals surface area (Å²) in [5, 5.41) is 3.53. The van der Waals surface area contributed by atoms with E-state index in [1.165, 1.54) is 12.1 Å². The van der Waals surface area contributed by atoms with Gasteiger partial charge < -0.3 is 10.1 Å². The van der Waals surface area contributed by atoms with Gasteiger partial charge in [0.15, 0.2) is 0 Å². The lowest BCUT2D eigenvalue weighted by atomic mass is 9.64. The largest absolute Gasteiger partial charge is 0.378 e. The highest BCUT2D eigenvalue weighted by Gasteiger charge is 2.48. The van der Waals surface area contributed by atoms with Crippen LogP contribution in [-0.4, -0.2) is 18.8 Å². The molecule has 2 rings (SSSR count). The number of hydrogen-bond acceptors (Lipinski definition) is 2. The summed E-state index contributed by atoms with van der Waals surface area (Å²) in [7, 11) is 0. The van der Waals surface area contributed by atoms with Crippen molar-refractivity contribution in [2.75, 3.05) is 6.61 Å². The lowest BCUT2D eigenvalue weighted by Crippen LogP contribution is -2.60. The summed E-state index contributed by atoms with van der Waals surface area (Å²) in [6, 6.07) is 7.14. The first-order chi connectivity index (χ1) is 8.54. The van der Waals surface area contributed by atoms with Crippen LogP contribution in [0.4, 0.5) is 4.39 Å². The highest BCUT2D eigenvalue weighted by atomic mass is 19.1. The molecule has 0 bridgehead atoms. The highest BCUT2D eigenvalue weighted by Crippen LogP contribution is 2.42. The molecule has 100 valence electrons. The lowest BCUT2D eigenvalue weighted by Gasteiger charge is -2.52. The maximum absolute atomic E-state index is 12.8. The molecular formula is C15H22FNO. The molecular weight excluding hydrogens is 229 g/mol. The van der Waals surface area contributed by atoms with Gasteiger partial charge in [0.2, 0.25) is 0 Å². The van der Waals surface area contributed by atoms with E-state index in [1.807, 2.05) is 19.1 Å². The number of hydrogen-bond donors (Lipinski definition) is 1. The molecule has 0 saturated heterocycles. The first-order valence-corrected chi connectivity index (χ1v) is 6.63. The molecule has 1 N–H and O–H groups in total. The van der Waals surface area contributed by atoms with Gasteiger partial charge in [-0.05, 0) is 31.0 Å². The van der Waals surface area contributed by atoms with E-state index in [1.54, 1.807) is 0 Å². The van der Waals surface area contributed by atoms with Gasteiger partial charge >= 0.3 is 0 Å². The summed E-state index contributed by atoms with van der Waals surface area (Å²) in [6.45, 7) is 8.07. The number of benzene rings is 1. The standard InChI is InChI=1S/C15H22FNO/c1-4-18-14-9-13(15(14,2)3)17-10-11-5-7-12(16)8-6-11/h5-8,13-14,17H,4,9-10H2,1-3H3. The quantitative estimate of drug-likeness (QED) is 0.868. The second-order valence-electron chi connectivity index (χ2n) is 5.56. The molecule has 1 aliphatic rings. The van der Waals surface area contributed by atoms with Crippen LogP contribution in [-0.2, 0) is 11.3 Å². The predicted molar refractivity (Wildman–Crippen MR) is 70.8 cm³/mol. The van der Waals surface area contributed by atoms with Crippen LogP contribution in [0.25, 0.3) is 0 Å². The van der Waals surface area contributed by atoms with Crippen molar-refractivity contribution >= 4 is 0 Å². The second kappa shape index (κ2) is 5.37. The van der Waals surface area contributed by atoms with Gasteiger partial charge in [0, 0.05) is 24.6 Å². The number of halogens is 1. The normalized spacial score (nSPS) is 25.8. The minimum absolute atomic E-state index is 0.177. The van der Waals surface area contributed by atoms with Crippen molar-refractivity contribution in [3.05, 3.63) is 35.6 Å². The molecule has 0 amide bonds. The van der Waals surface area contributed by atoms with Gasteiger partial charge in [-0.25, -0.2) is 4.39 Å². The molecule has 1 aromatic rings. The fraction of sp³-hybridized carbons (Fsp3) is 0.600. The van der Waals surface area contributed by atoms with Crippen molar-refractivity contribution in [1.29, 1.82) is 0 Å². The predicted octanol–water partition coefficient (Wildman–Crippen LogP) is 3.12. The van der Waals surface area contributed by atoms with Crippen molar-refractivity contribution in [3.8, 4) is 0 Å². The Morgan fingerprint density at radius 1 is 1.33 bits per heavy atom. The molecule has 1 fully saturated rings. The van der Waals surface area contributed by atoms with E-state index < -0.39 is 0 Å². The maximum atomic E-state index is 12.8. The smallest absolute Gasteiger partial charge is 0.123 e. The number of nitrogens with one attached hydrogen (secondary N) is 1. The van der Waals surface area contributed by atoms with Crippen LogP contribution in [0, 0.1) is 11.2 Å². The lowest BCUT2D eigenvalue weighted by molar-refractivity contribution is -0.114. The van der Waals surface area contributed by atoms with E-state index in [9.17, 15) is 4.39 Å². The summed E-state index contributed by atoms with van der Waals surface area (Å²) >= 11 is 0. The van der Waals surface area contributed by atoms with Crippen molar-refractivity contribution in [2.24, 2.45) is 5.41 Å². The van der Waals surface area contributed by atoms with Crippen LogP contribution in [0.5, 0.6) is 0 Å². The summed E-state index contributed by atoms with van der Waals surface area (Å²) in [4.78, 5) is 0. The molecule has 1 saturated carbocycles. The van der Waals surface area contributed by atoms with Gasteiger partial charge in [0.25, 0.3) is 0 Å². The first-order valence-electron chi connectivity index (χ1n) is 6.63. The van der Waals surface area contributed by atoms with Crippen molar-refractivity contribution in [1.82, 2.24) is 5.32 Å². The zero-order valence-electron chi connectivity index (χ0n) is 11.4.